The Balaban J connectivity index is 3.07. The zero-order valence-electron chi connectivity index (χ0n) is 11.1. The minimum Gasteiger partial charge on any atom is -0.395 e. The minimum absolute atomic E-state index is 0.0611. The van der Waals surface area contributed by atoms with Gasteiger partial charge in [-0.1, -0.05) is 18.2 Å². The van der Waals surface area contributed by atoms with Crippen LogP contribution in [-0.2, 0) is 4.79 Å². The highest BCUT2D eigenvalue weighted by molar-refractivity contribution is 6.13. The lowest BCUT2D eigenvalue weighted by Gasteiger charge is -2.27. The van der Waals surface area contributed by atoms with E-state index in [4.69, 9.17) is 5.11 Å². The van der Waals surface area contributed by atoms with Gasteiger partial charge in [-0.05, 0) is 12.1 Å². The van der Waals surface area contributed by atoms with Gasteiger partial charge < -0.3 is 15.3 Å². The molecule has 20 heavy (non-hydrogen) atoms. The number of hydrogen-bond donors (Lipinski definition) is 2. The second kappa shape index (κ2) is 7.90. The topological polar surface area (TPSA) is 90.0 Å². The fourth-order valence-electron chi connectivity index (χ4n) is 1.59. The zero-order chi connectivity index (χ0) is 15.0. The van der Waals surface area contributed by atoms with Crippen LogP contribution in [0.1, 0.15) is 0 Å². The summed E-state index contributed by atoms with van der Waals surface area (Å²) in [6.07, 6.45) is 1.58. The maximum Gasteiger partial charge on any atom is 0.333 e. The summed E-state index contributed by atoms with van der Waals surface area (Å²) in [4.78, 5) is 36.6. The number of para-hydroxylation sites is 1. The predicted octanol–water partition coefficient (Wildman–Crippen LogP) is 0.356. The smallest absolute Gasteiger partial charge is 0.333 e. The summed E-state index contributed by atoms with van der Waals surface area (Å²) in [7, 11) is 1.40. The number of amides is 4. The lowest BCUT2D eigenvalue weighted by molar-refractivity contribution is 0.189. The third-order valence-corrected chi connectivity index (χ3v) is 2.52. The van der Waals surface area contributed by atoms with Crippen LogP contribution in [0.15, 0.2) is 30.3 Å². The van der Waals surface area contributed by atoms with Gasteiger partial charge in [-0.15, -0.1) is 0 Å². The average molecular weight is 278 g/mol. The third-order valence-electron chi connectivity index (χ3n) is 2.52. The first kappa shape index (κ1) is 15.6. The lowest BCUT2D eigenvalue weighted by atomic mass is 10.3. The van der Waals surface area contributed by atoms with Gasteiger partial charge in [-0.2, -0.15) is 0 Å². The molecule has 7 nitrogen and oxygen atoms in total. The second-order valence-electron chi connectivity index (χ2n) is 3.80. The first-order valence-corrected chi connectivity index (χ1v) is 5.97. The number of carbonyl (C=O) groups excluding carboxylic acids is 3. The van der Waals surface area contributed by atoms with Gasteiger partial charge in [0.05, 0.1) is 18.8 Å². The van der Waals surface area contributed by atoms with E-state index in [2.05, 4.69) is 5.32 Å². The summed E-state index contributed by atoms with van der Waals surface area (Å²) in [6, 6.07) is 6.97. The minimum atomic E-state index is -0.701. The van der Waals surface area contributed by atoms with Crippen molar-refractivity contribution in [2.45, 2.75) is 0 Å². The molecule has 0 aliphatic heterocycles. The lowest BCUT2D eigenvalue weighted by Crippen LogP contribution is -2.50. The monoisotopic (exact) mass is 278 g/mol. The van der Waals surface area contributed by atoms with Crippen LogP contribution in [0.5, 0.6) is 0 Å². The Kier molecular flexibility index (Phi) is 6.18. The molecular formula is C13H16N3O4. The first-order chi connectivity index (χ1) is 9.65. The quantitative estimate of drug-likeness (QED) is 0.813. The largest absolute Gasteiger partial charge is 0.395 e. The van der Waals surface area contributed by atoms with Crippen molar-refractivity contribution < 1.29 is 19.5 Å². The summed E-state index contributed by atoms with van der Waals surface area (Å²) in [5.41, 5.74) is 0.366. The standard InChI is InChI=1S/C13H16N3O4/c1-14-12(19)16(11-5-3-2-4-6-11)13(20)15(7-9-17)8-10-18/h2-6,17H,7-9H2,1H3,(H,14,19). The number of aliphatic hydroxyl groups excluding tert-OH is 1. The van der Waals surface area contributed by atoms with Gasteiger partial charge >= 0.3 is 12.1 Å². The van der Waals surface area contributed by atoms with Crippen LogP contribution in [0.3, 0.4) is 0 Å². The average Bonchev–Trinajstić information content (AvgIpc) is 2.48. The van der Waals surface area contributed by atoms with E-state index >= 15 is 0 Å². The Bertz CT molecular complexity index is 464. The maximum absolute atomic E-state index is 12.3. The van der Waals surface area contributed by atoms with Crippen molar-refractivity contribution in [1.29, 1.82) is 0 Å². The van der Waals surface area contributed by atoms with E-state index in [1.165, 1.54) is 7.05 Å². The molecule has 0 heterocycles. The molecule has 0 aliphatic rings. The summed E-state index contributed by atoms with van der Waals surface area (Å²) in [6.45, 7) is -0.697. The highest BCUT2D eigenvalue weighted by Gasteiger charge is 2.27. The second-order valence-corrected chi connectivity index (χ2v) is 3.80. The van der Waals surface area contributed by atoms with Gasteiger partial charge in [0.2, 0.25) is 6.29 Å². The summed E-state index contributed by atoms with van der Waals surface area (Å²) < 4.78 is 0. The molecule has 2 N–H and O–H groups in total. The van der Waals surface area contributed by atoms with Crippen LogP contribution in [0.2, 0.25) is 0 Å². The van der Waals surface area contributed by atoms with Gasteiger partial charge in [-0.3, -0.25) is 4.79 Å². The third kappa shape index (κ3) is 3.79. The number of urea groups is 2. The maximum atomic E-state index is 12.3. The molecule has 0 fully saturated rings. The van der Waals surface area contributed by atoms with Gasteiger partial charge in [0, 0.05) is 13.6 Å². The fourth-order valence-corrected chi connectivity index (χ4v) is 1.59. The Morgan fingerprint density at radius 2 is 1.95 bits per heavy atom. The Labute approximate surface area is 116 Å². The summed E-state index contributed by atoms with van der Waals surface area (Å²) >= 11 is 0. The number of imide groups is 1. The molecule has 0 saturated heterocycles. The molecule has 1 rings (SSSR count). The highest BCUT2D eigenvalue weighted by Crippen LogP contribution is 2.15. The van der Waals surface area contributed by atoms with Crippen molar-refractivity contribution in [3.05, 3.63) is 30.3 Å². The number of hydrogen-bond acceptors (Lipinski definition) is 4. The first-order valence-electron chi connectivity index (χ1n) is 5.97. The van der Waals surface area contributed by atoms with E-state index in [9.17, 15) is 14.4 Å². The zero-order valence-corrected chi connectivity index (χ0v) is 11.1. The molecule has 0 aromatic heterocycles. The SMILES string of the molecule is CNC(=O)N(C(=O)N(C[C]=O)CCO)c1ccccc1. The number of anilines is 1. The predicted molar refractivity (Wildman–Crippen MR) is 73.1 cm³/mol. The molecule has 0 spiro atoms. The van der Waals surface area contributed by atoms with Gasteiger partial charge in [0.15, 0.2) is 0 Å². The van der Waals surface area contributed by atoms with Crippen LogP contribution < -0.4 is 10.2 Å². The Hall–Kier alpha value is -2.41. The number of nitrogens with zero attached hydrogens (tertiary/aromatic N) is 2. The molecule has 1 aromatic rings. The van der Waals surface area contributed by atoms with Crippen LogP contribution in [0.4, 0.5) is 15.3 Å². The van der Waals surface area contributed by atoms with E-state index < -0.39 is 12.1 Å². The molecule has 7 heteroatoms. The molecule has 1 aromatic carbocycles. The van der Waals surface area contributed by atoms with Crippen molar-refractivity contribution in [2.24, 2.45) is 0 Å². The van der Waals surface area contributed by atoms with Gasteiger partial charge in [-0.25, -0.2) is 14.5 Å². The Morgan fingerprint density at radius 3 is 2.45 bits per heavy atom. The van der Waals surface area contributed by atoms with Crippen molar-refractivity contribution in [3.8, 4) is 0 Å². The normalized spacial score (nSPS) is 9.70. The number of carbonyl (C=O) groups is 2. The number of aliphatic hydroxyl groups is 1. The van der Waals surface area contributed by atoms with E-state index in [1.54, 1.807) is 36.6 Å². The van der Waals surface area contributed by atoms with Gasteiger partial charge in [0.1, 0.15) is 0 Å². The molecule has 0 unspecified atom stereocenters. The molecule has 4 amide bonds. The number of benzene rings is 1. The number of rotatable bonds is 5. The fraction of sp³-hybridized carbons (Fsp3) is 0.308. The van der Waals surface area contributed by atoms with Crippen molar-refractivity contribution in [2.75, 3.05) is 31.6 Å². The van der Waals surface area contributed by atoms with E-state index in [0.717, 1.165) is 9.80 Å². The van der Waals surface area contributed by atoms with Crippen molar-refractivity contribution in [1.82, 2.24) is 10.2 Å². The molecule has 1 radical (unpaired) electrons. The molecular weight excluding hydrogens is 262 g/mol. The summed E-state index contributed by atoms with van der Waals surface area (Å²) in [5, 5.41) is 11.3. The van der Waals surface area contributed by atoms with Crippen LogP contribution >= 0.6 is 0 Å². The number of nitrogens with one attached hydrogen (secondary N) is 1. The van der Waals surface area contributed by atoms with E-state index in [1.807, 2.05) is 0 Å². The highest BCUT2D eigenvalue weighted by atomic mass is 16.3. The summed E-state index contributed by atoms with van der Waals surface area (Å²) in [5.74, 6) is 0. The van der Waals surface area contributed by atoms with Crippen molar-refractivity contribution >= 4 is 24.0 Å². The Morgan fingerprint density at radius 1 is 1.30 bits per heavy atom. The van der Waals surface area contributed by atoms with Crippen LogP contribution in [0.25, 0.3) is 0 Å². The molecule has 107 valence electrons. The van der Waals surface area contributed by atoms with Crippen LogP contribution in [0, 0.1) is 0 Å². The van der Waals surface area contributed by atoms with Crippen molar-refractivity contribution in [3.63, 3.8) is 0 Å². The molecule has 0 saturated carbocycles. The molecule has 0 bridgehead atoms. The van der Waals surface area contributed by atoms with E-state index in [0.29, 0.717) is 5.69 Å². The van der Waals surface area contributed by atoms with Crippen LogP contribution in [-0.4, -0.2) is 55.1 Å². The molecule has 0 aliphatic carbocycles. The van der Waals surface area contributed by atoms with Gasteiger partial charge in [0.25, 0.3) is 0 Å². The molecule has 0 atom stereocenters. The van der Waals surface area contributed by atoms with E-state index in [-0.39, 0.29) is 19.7 Å².